The quantitative estimate of drug-likeness (QED) is 0.225. The Morgan fingerprint density at radius 1 is 1.20 bits per heavy atom. The molecule has 0 spiro atoms. The van der Waals surface area contributed by atoms with Gasteiger partial charge < -0.3 is 26.5 Å². The highest BCUT2D eigenvalue weighted by molar-refractivity contribution is 6.01. The van der Waals surface area contributed by atoms with Gasteiger partial charge in [-0.25, -0.2) is 4.39 Å². The molecule has 1 aliphatic rings. The summed E-state index contributed by atoms with van der Waals surface area (Å²) in [5.41, 5.74) is 8.36. The molecule has 8 nitrogen and oxygen atoms in total. The first-order chi connectivity index (χ1) is 19.3. The summed E-state index contributed by atoms with van der Waals surface area (Å²) in [5, 5.41) is 19.8. The van der Waals surface area contributed by atoms with Crippen molar-refractivity contribution in [3.8, 4) is 0 Å². The highest BCUT2D eigenvalue weighted by Gasteiger charge is 2.44. The first kappa shape index (κ1) is 31.7. The van der Waals surface area contributed by atoms with Gasteiger partial charge in [-0.1, -0.05) is 32.0 Å². The van der Waals surface area contributed by atoms with Crippen LogP contribution in [0.5, 0.6) is 0 Å². The fraction of sp³-hybridized carbons (Fsp3) is 0.438. The molecule has 41 heavy (non-hydrogen) atoms. The Bertz CT molecular complexity index is 1340. The number of primary amides is 1. The van der Waals surface area contributed by atoms with Gasteiger partial charge in [0.2, 0.25) is 11.8 Å². The number of nitrogens with zero attached hydrogens (tertiary/aromatic N) is 1. The SMILES string of the molecule is CC(=N)/C=C(/Cc1ccc(C(=O)NCC(=O)N2C(c3cccc(F)c3)CCC2C(C)(C)CCCO)cc1C)C(N)=O. The lowest BCUT2D eigenvalue weighted by molar-refractivity contribution is -0.135. The average Bonchev–Trinajstić information content (AvgIpc) is 3.37. The molecule has 0 bridgehead atoms. The minimum Gasteiger partial charge on any atom is -0.396 e. The van der Waals surface area contributed by atoms with E-state index < -0.39 is 11.8 Å². The number of aliphatic hydroxyl groups excluding tert-OH is 1. The summed E-state index contributed by atoms with van der Waals surface area (Å²) in [4.78, 5) is 40.3. The van der Waals surface area contributed by atoms with Crippen LogP contribution in [0, 0.1) is 23.6 Å². The number of rotatable bonds is 12. The van der Waals surface area contributed by atoms with Crippen molar-refractivity contribution in [1.29, 1.82) is 5.41 Å². The zero-order valence-corrected chi connectivity index (χ0v) is 24.3. The van der Waals surface area contributed by atoms with Crippen LogP contribution in [0.1, 0.15) is 79.5 Å². The summed E-state index contributed by atoms with van der Waals surface area (Å²) in [6, 6.07) is 10.9. The number of benzene rings is 2. The van der Waals surface area contributed by atoms with Crippen molar-refractivity contribution in [2.45, 2.75) is 71.9 Å². The van der Waals surface area contributed by atoms with Gasteiger partial charge in [0.15, 0.2) is 0 Å². The molecule has 1 saturated heterocycles. The molecule has 3 amide bonds. The Morgan fingerprint density at radius 3 is 2.54 bits per heavy atom. The zero-order chi connectivity index (χ0) is 30.3. The molecule has 2 unspecified atom stereocenters. The molecule has 2 atom stereocenters. The molecule has 1 fully saturated rings. The standard InChI is InChI=1S/C32H41FN4O4/c1-20-15-24(10-9-22(20)17-25(30(35)40)16-21(2)34)31(41)36-19-29(39)37-27(23-7-5-8-26(33)18-23)11-12-28(37)32(3,4)13-6-14-38/h5,7-10,15-16,18,27-28,34,38H,6,11-14,17,19H2,1-4H3,(H2,35,40)(H,36,41)/b25-16-,34-21?. The number of aliphatic hydroxyl groups is 1. The van der Waals surface area contributed by atoms with Crippen molar-refractivity contribution in [3.63, 3.8) is 0 Å². The lowest BCUT2D eigenvalue weighted by Crippen LogP contribution is -2.49. The number of halogens is 1. The predicted octanol–water partition coefficient (Wildman–Crippen LogP) is 4.39. The van der Waals surface area contributed by atoms with E-state index in [2.05, 4.69) is 19.2 Å². The molecule has 220 valence electrons. The van der Waals surface area contributed by atoms with E-state index in [1.165, 1.54) is 18.2 Å². The van der Waals surface area contributed by atoms with Crippen molar-refractivity contribution in [3.05, 3.63) is 82.2 Å². The summed E-state index contributed by atoms with van der Waals surface area (Å²) in [5.74, 6) is -1.63. The van der Waals surface area contributed by atoms with E-state index in [1.807, 2.05) is 13.0 Å². The second kappa shape index (κ2) is 13.7. The number of nitrogens with two attached hydrogens (primary N) is 1. The van der Waals surface area contributed by atoms with Gasteiger partial charge in [0.25, 0.3) is 5.91 Å². The number of amides is 3. The molecule has 2 aromatic rings. The number of aryl methyl sites for hydroxylation is 1. The molecule has 3 rings (SSSR count). The maximum absolute atomic E-state index is 14.1. The fourth-order valence-electron chi connectivity index (χ4n) is 5.73. The van der Waals surface area contributed by atoms with E-state index in [-0.39, 0.29) is 54.5 Å². The van der Waals surface area contributed by atoms with Crippen LogP contribution in [0.25, 0.3) is 0 Å². The largest absolute Gasteiger partial charge is 0.396 e. The van der Waals surface area contributed by atoms with Crippen LogP contribution >= 0.6 is 0 Å². The monoisotopic (exact) mass is 564 g/mol. The highest BCUT2D eigenvalue weighted by atomic mass is 19.1. The van der Waals surface area contributed by atoms with Crippen LogP contribution in [0.3, 0.4) is 0 Å². The number of likely N-dealkylation sites (tertiary alicyclic amines) is 1. The van der Waals surface area contributed by atoms with Crippen molar-refractivity contribution >= 4 is 23.4 Å². The average molecular weight is 565 g/mol. The lowest BCUT2D eigenvalue weighted by atomic mass is 9.79. The summed E-state index contributed by atoms with van der Waals surface area (Å²) in [6.45, 7) is 7.38. The van der Waals surface area contributed by atoms with E-state index in [4.69, 9.17) is 11.1 Å². The van der Waals surface area contributed by atoms with E-state index in [0.29, 0.717) is 24.0 Å². The van der Waals surface area contributed by atoms with Crippen LogP contribution in [-0.4, -0.2) is 52.6 Å². The van der Waals surface area contributed by atoms with Crippen molar-refractivity contribution in [1.82, 2.24) is 10.2 Å². The van der Waals surface area contributed by atoms with Gasteiger partial charge in [-0.2, -0.15) is 0 Å². The van der Waals surface area contributed by atoms with Crippen molar-refractivity contribution in [2.24, 2.45) is 11.1 Å². The number of hydrogen-bond acceptors (Lipinski definition) is 5. The van der Waals surface area contributed by atoms with Crippen LogP contribution in [0.2, 0.25) is 0 Å². The second-order valence-corrected chi connectivity index (χ2v) is 11.5. The van der Waals surface area contributed by atoms with Gasteiger partial charge in [0.05, 0.1) is 12.6 Å². The third-order valence-electron chi connectivity index (χ3n) is 7.88. The molecular formula is C32H41FN4O4. The zero-order valence-electron chi connectivity index (χ0n) is 24.3. The second-order valence-electron chi connectivity index (χ2n) is 11.5. The minimum atomic E-state index is -0.604. The Balaban J connectivity index is 1.77. The molecule has 5 N–H and O–H groups in total. The van der Waals surface area contributed by atoms with Gasteiger partial charge in [-0.15, -0.1) is 0 Å². The summed E-state index contributed by atoms with van der Waals surface area (Å²) < 4.78 is 14.1. The molecule has 0 aromatic heterocycles. The molecule has 1 aliphatic heterocycles. The maximum atomic E-state index is 14.1. The van der Waals surface area contributed by atoms with Gasteiger partial charge in [-0.05, 0) is 92.0 Å². The Kier molecular flexibility index (Phi) is 10.6. The van der Waals surface area contributed by atoms with Crippen LogP contribution in [0.15, 0.2) is 54.1 Å². The van der Waals surface area contributed by atoms with Gasteiger partial charge in [0, 0.05) is 35.9 Å². The third kappa shape index (κ3) is 8.10. The third-order valence-corrected chi connectivity index (χ3v) is 7.88. The Hall–Kier alpha value is -3.85. The van der Waals surface area contributed by atoms with Gasteiger partial charge >= 0.3 is 0 Å². The van der Waals surface area contributed by atoms with Crippen molar-refractivity contribution < 1.29 is 23.9 Å². The number of hydrogen-bond donors (Lipinski definition) is 4. The van der Waals surface area contributed by atoms with Crippen molar-refractivity contribution in [2.75, 3.05) is 13.2 Å². The van der Waals surface area contributed by atoms with Gasteiger partial charge in [0.1, 0.15) is 5.82 Å². The number of nitrogens with one attached hydrogen (secondary N) is 2. The van der Waals surface area contributed by atoms with Crippen LogP contribution in [0.4, 0.5) is 4.39 Å². The Labute approximate surface area is 241 Å². The normalized spacial score (nSPS) is 17.4. The number of allylic oxidation sites excluding steroid dienone is 1. The maximum Gasteiger partial charge on any atom is 0.251 e. The topological polar surface area (TPSA) is 137 Å². The molecule has 2 aromatic carbocycles. The first-order valence-corrected chi connectivity index (χ1v) is 13.9. The highest BCUT2D eigenvalue weighted by Crippen LogP contribution is 2.45. The first-order valence-electron chi connectivity index (χ1n) is 13.9. The van der Waals surface area contributed by atoms with Crippen LogP contribution < -0.4 is 11.1 Å². The molecule has 0 saturated carbocycles. The van der Waals surface area contributed by atoms with E-state index in [9.17, 15) is 23.9 Å². The molecule has 1 heterocycles. The summed E-state index contributed by atoms with van der Waals surface area (Å²) >= 11 is 0. The fourth-order valence-corrected chi connectivity index (χ4v) is 5.73. The number of carbonyl (C=O) groups is 3. The predicted molar refractivity (Wildman–Crippen MR) is 157 cm³/mol. The minimum absolute atomic E-state index is 0.0636. The molecule has 0 radical (unpaired) electrons. The Morgan fingerprint density at radius 2 is 1.93 bits per heavy atom. The van der Waals surface area contributed by atoms with E-state index in [1.54, 1.807) is 36.1 Å². The van der Waals surface area contributed by atoms with Crippen LogP contribution in [-0.2, 0) is 16.0 Å². The molecule has 0 aliphatic carbocycles. The lowest BCUT2D eigenvalue weighted by Gasteiger charge is -2.40. The molecular weight excluding hydrogens is 523 g/mol. The summed E-state index contributed by atoms with van der Waals surface area (Å²) in [6.07, 6.45) is 4.41. The van der Waals surface area contributed by atoms with Gasteiger partial charge in [-0.3, -0.25) is 14.4 Å². The molecule has 9 heteroatoms. The van der Waals surface area contributed by atoms with E-state index in [0.717, 1.165) is 29.5 Å². The van der Waals surface area contributed by atoms with E-state index >= 15 is 0 Å². The summed E-state index contributed by atoms with van der Waals surface area (Å²) in [7, 11) is 0. The smallest absolute Gasteiger partial charge is 0.251 e. The number of carbonyl (C=O) groups excluding carboxylic acids is 3.